The van der Waals surface area contributed by atoms with Crippen molar-refractivity contribution in [1.82, 2.24) is 5.32 Å². The van der Waals surface area contributed by atoms with Crippen LogP contribution in [0.4, 0.5) is 11.4 Å². The molecule has 0 aromatic heterocycles. The van der Waals surface area contributed by atoms with Crippen LogP contribution in [0.3, 0.4) is 0 Å². The van der Waals surface area contributed by atoms with Crippen LogP contribution >= 0.6 is 0 Å². The Morgan fingerprint density at radius 3 is 2.65 bits per heavy atom. The third-order valence-corrected chi connectivity index (χ3v) is 13.7. The molecule has 6 aliphatic carbocycles. The maximum Gasteiger partial charge on any atom is 0.130 e. The fourth-order valence-corrected chi connectivity index (χ4v) is 11.4. The van der Waals surface area contributed by atoms with Crippen molar-refractivity contribution in [3.63, 3.8) is 0 Å². The lowest BCUT2D eigenvalue weighted by atomic mass is 9.45. The number of rotatable bonds is 0. The van der Waals surface area contributed by atoms with Gasteiger partial charge in [-0.15, -0.1) is 0 Å². The minimum atomic E-state index is 0.308. The second-order valence-corrected chi connectivity index (χ2v) is 14.9. The Kier molecular flexibility index (Phi) is 3.93. The molecule has 0 bridgehead atoms. The molecule has 5 fully saturated rings. The first-order valence-corrected chi connectivity index (χ1v) is 15.4. The summed E-state index contributed by atoms with van der Waals surface area (Å²) >= 11 is 0. The number of fused-ring (bicyclic) bond motifs is 9. The van der Waals surface area contributed by atoms with E-state index < -0.39 is 0 Å². The molecule has 7 atom stereocenters. The summed E-state index contributed by atoms with van der Waals surface area (Å²) in [5, 5.41) is 7.54. The van der Waals surface area contributed by atoms with E-state index in [1.165, 1.54) is 87.1 Å². The van der Waals surface area contributed by atoms with Crippen LogP contribution in [0.5, 0.6) is 0 Å². The van der Waals surface area contributed by atoms with E-state index in [2.05, 4.69) is 72.8 Å². The highest BCUT2D eigenvalue weighted by Crippen LogP contribution is 2.78. The summed E-state index contributed by atoms with van der Waals surface area (Å²) in [6.07, 6.45) is 20.0. The maximum absolute atomic E-state index is 3.87. The average molecular weight is 494 g/mol. The molecular weight excluding hydrogens is 450 g/mol. The number of nitrogens with zero attached hydrogens (tertiary/aromatic N) is 1. The molecule has 2 aliphatic heterocycles. The summed E-state index contributed by atoms with van der Waals surface area (Å²) < 4.78 is 0. The van der Waals surface area contributed by atoms with E-state index in [0.717, 1.165) is 35.6 Å². The average Bonchev–Trinajstić information content (AvgIpc) is 3.77. The van der Waals surface area contributed by atoms with Crippen molar-refractivity contribution < 1.29 is 0 Å². The van der Waals surface area contributed by atoms with Crippen LogP contribution in [0, 0.1) is 45.3 Å². The zero-order valence-electron chi connectivity index (χ0n) is 23.0. The minimum Gasteiger partial charge on any atom is -0.369 e. The van der Waals surface area contributed by atoms with Crippen LogP contribution in [-0.4, -0.2) is 6.54 Å². The largest absolute Gasteiger partial charge is 0.369 e. The van der Waals surface area contributed by atoms with E-state index in [-0.39, 0.29) is 0 Å². The lowest BCUT2D eigenvalue weighted by Gasteiger charge is -2.59. The van der Waals surface area contributed by atoms with E-state index in [9.17, 15) is 0 Å². The van der Waals surface area contributed by atoms with Gasteiger partial charge < -0.3 is 15.5 Å². The molecule has 2 N–H and O–H groups in total. The molecule has 194 valence electrons. The van der Waals surface area contributed by atoms with Gasteiger partial charge in [0, 0.05) is 18.2 Å². The molecule has 9 rings (SSSR count). The third-order valence-electron chi connectivity index (χ3n) is 13.7. The lowest BCUT2D eigenvalue weighted by Crippen LogP contribution is -2.51. The van der Waals surface area contributed by atoms with Crippen molar-refractivity contribution in [1.29, 1.82) is 0 Å². The normalized spacial score (nSPS) is 45.6. The highest BCUT2D eigenvalue weighted by molar-refractivity contribution is 5.79. The van der Waals surface area contributed by atoms with Crippen molar-refractivity contribution in [2.75, 3.05) is 16.8 Å². The Balaban J connectivity index is 1.14. The first-order valence-electron chi connectivity index (χ1n) is 15.4. The molecule has 2 heterocycles. The number of anilines is 2. The molecule has 0 amide bonds. The second kappa shape index (κ2) is 6.69. The molecule has 3 heteroatoms. The summed E-state index contributed by atoms with van der Waals surface area (Å²) in [5.41, 5.74) is 9.39. The second-order valence-electron chi connectivity index (χ2n) is 14.9. The van der Waals surface area contributed by atoms with Gasteiger partial charge in [-0.05, 0) is 129 Å². The summed E-state index contributed by atoms with van der Waals surface area (Å²) in [6, 6.07) is 8.84. The van der Waals surface area contributed by atoms with Crippen molar-refractivity contribution in [3.05, 3.63) is 59.2 Å². The zero-order valence-corrected chi connectivity index (χ0v) is 23.0. The number of hydrogen-bond acceptors (Lipinski definition) is 3. The fourth-order valence-electron chi connectivity index (χ4n) is 11.4. The van der Waals surface area contributed by atoms with E-state index in [4.69, 9.17) is 0 Å². The van der Waals surface area contributed by atoms with Gasteiger partial charge in [-0.3, -0.25) is 0 Å². The number of hydrogen-bond donors (Lipinski definition) is 2. The van der Waals surface area contributed by atoms with Crippen molar-refractivity contribution >= 4 is 11.4 Å². The first-order chi connectivity index (χ1) is 17.9. The molecule has 0 saturated heterocycles. The van der Waals surface area contributed by atoms with Gasteiger partial charge in [-0.25, -0.2) is 0 Å². The van der Waals surface area contributed by atoms with Crippen LogP contribution in [0.2, 0.25) is 0 Å². The Bertz CT molecular complexity index is 1310. The van der Waals surface area contributed by atoms with E-state index in [1.54, 1.807) is 5.57 Å². The number of allylic oxidation sites excluding steroid dienone is 4. The standard InChI is InChI=1S/C34H43N3/c1-21-30-35-19-23-18-34(23)17-22-8-9-25-26(10-12-32(3)27(25)11-13-33(32)14-15-33)31(22,2)16-24(34)20-37(30)29-7-5-4-6-28(29)36-21/h4-7,17,20,23,25-27,35-36H,8-16,18-19H2,1-3H3/t23-,25?,26?,27?,31?,32-,34?/m0/s1. The van der Waals surface area contributed by atoms with E-state index >= 15 is 0 Å². The number of benzene rings is 1. The third kappa shape index (κ3) is 2.56. The van der Waals surface area contributed by atoms with Crippen LogP contribution in [0.1, 0.15) is 85.0 Å². The molecule has 1 aromatic rings. The van der Waals surface area contributed by atoms with Gasteiger partial charge >= 0.3 is 0 Å². The van der Waals surface area contributed by atoms with Gasteiger partial charge in [-0.2, -0.15) is 0 Å². The molecular formula is C34H43N3. The lowest BCUT2D eigenvalue weighted by molar-refractivity contribution is -0.0541. The Morgan fingerprint density at radius 2 is 1.78 bits per heavy atom. The summed E-state index contributed by atoms with van der Waals surface area (Å²) in [6.45, 7) is 8.74. The number of nitrogens with one attached hydrogen (secondary N) is 2. The molecule has 5 unspecified atom stereocenters. The van der Waals surface area contributed by atoms with E-state index in [1.807, 2.05) is 5.57 Å². The van der Waals surface area contributed by atoms with Gasteiger partial charge in [0.05, 0.1) is 17.1 Å². The van der Waals surface area contributed by atoms with Crippen LogP contribution in [-0.2, 0) is 0 Å². The fraction of sp³-hybridized carbons (Fsp3) is 0.647. The van der Waals surface area contributed by atoms with E-state index in [0.29, 0.717) is 16.2 Å². The smallest absolute Gasteiger partial charge is 0.130 e. The first kappa shape index (κ1) is 21.7. The molecule has 2 spiro atoms. The Hall–Kier alpha value is -2.16. The SMILES string of the molecule is CC1=C2NC[C@@H]3CC34C=C3CCC5C(CC[C@@]6(C)C5CCC65CC5)C3(C)CC4=CN2c2ccccc2N1. The number of para-hydroxylation sites is 2. The highest BCUT2D eigenvalue weighted by Gasteiger charge is 2.69. The molecule has 0 radical (unpaired) electrons. The minimum absolute atomic E-state index is 0.308. The topological polar surface area (TPSA) is 27.3 Å². The maximum atomic E-state index is 3.87. The molecule has 8 aliphatic rings. The Morgan fingerprint density at radius 1 is 0.946 bits per heavy atom. The molecule has 3 nitrogen and oxygen atoms in total. The Labute approximate surface area is 222 Å². The van der Waals surface area contributed by atoms with Gasteiger partial charge in [0.15, 0.2) is 0 Å². The monoisotopic (exact) mass is 493 g/mol. The summed E-state index contributed by atoms with van der Waals surface area (Å²) in [7, 11) is 0. The van der Waals surface area contributed by atoms with Crippen LogP contribution in [0.15, 0.2) is 59.2 Å². The zero-order chi connectivity index (χ0) is 24.8. The van der Waals surface area contributed by atoms with Crippen molar-refractivity contribution in [2.45, 2.75) is 85.0 Å². The highest BCUT2D eigenvalue weighted by atomic mass is 15.3. The van der Waals surface area contributed by atoms with Gasteiger partial charge in [0.2, 0.25) is 0 Å². The van der Waals surface area contributed by atoms with Gasteiger partial charge in [0.25, 0.3) is 0 Å². The quantitative estimate of drug-likeness (QED) is 0.359. The van der Waals surface area contributed by atoms with Crippen molar-refractivity contribution in [3.8, 4) is 0 Å². The van der Waals surface area contributed by atoms with Gasteiger partial charge in [-0.1, -0.05) is 37.6 Å². The van der Waals surface area contributed by atoms with Crippen LogP contribution < -0.4 is 15.5 Å². The van der Waals surface area contributed by atoms with Crippen molar-refractivity contribution in [2.24, 2.45) is 45.3 Å². The molecule has 1 aromatic carbocycles. The molecule has 37 heavy (non-hydrogen) atoms. The predicted molar refractivity (Wildman–Crippen MR) is 151 cm³/mol. The summed E-state index contributed by atoms with van der Waals surface area (Å²) in [5.74, 6) is 4.82. The van der Waals surface area contributed by atoms with Crippen LogP contribution in [0.25, 0.3) is 0 Å². The summed E-state index contributed by atoms with van der Waals surface area (Å²) in [4.78, 5) is 2.50. The van der Waals surface area contributed by atoms with Gasteiger partial charge in [0.1, 0.15) is 5.82 Å². The molecule has 5 saturated carbocycles. The predicted octanol–water partition coefficient (Wildman–Crippen LogP) is 7.95.